The van der Waals surface area contributed by atoms with E-state index in [1.165, 1.54) is 4.31 Å². The second kappa shape index (κ2) is 8.44. The summed E-state index contributed by atoms with van der Waals surface area (Å²) < 4.78 is 27.6. The standard InChI is InChI=1S/C23H23ClN4O3S/c24-18-6-5-17-12-28(32(30,31)14-15-8-25-9-15)13-21(20(17)7-18)23(29)27-22-11-26-10-16-3-1-2-4-19(16)22/h1-7,10-11,15,21,25H,8-9,12-14H2,(H,27,29). The number of hydrogen-bond donors (Lipinski definition) is 2. The van der Waals surface area contributed by atoms with Crippen molar-refractivity contribution in [2.45, 2.75) is 12.5 Å². The van der Waals surface area contributed by atoms with E-state index in [1.54, 1.807) is 24.5 Å². The highest BCUT2D eigenvalue weighted by molar-refractivity contribution is 7.89. The molecule has 32 heavy (non-hydrogen) atoms. The topological polar surface area (TPSA) is 91.4 Å². The van der Waals surface area contributed by atoms with E-state index in [0.717, 1.165) is 21.9 Å². The van der Waals surface area contributed by atoms with Crippen LogP contribution in [0.25, 0.3) is 10.8 Å². The van der Waals surface area contributed by atoms with Crippen molar-refractivity contribution in [2.24, 2.45) is 5.92 Å². The van der Waals surface area contributed by atoms with Crippen molar-refractivity contribution in [1.29, 1.82) is 0 Å². The van der Waals surface area contributed by atoms with Gasteiger partial charge in [0.15, 0.2) is 0 Å². The lowest BCUT2D eigenvalue weighted by atomic mass is 9.90. The number of benzene rings is 2. The maximum absolute atomic E-state index is 13.4. The van der Waals surface area contributed by atoms with Crippen LogP contribution in [-0.4, -0.2) is 49.0 Å². The molecule has 0 spiro atoms. The molecule has 3 aromatic rings. The Morgan fingerprint density at radius 2 is 2.00 bits per heavy atom. The zero-order valence-corrected chi connectivity index (χ0v) is 18.9. The number of amides is 1. The molecule has 166 valence electrons. The summed E-state index contributed by atoms with van der Waals surface area (Å²) in [7, 11) is -3.50. The zero-order valence-electron chi connectivity index (χ0n) is 17.3. The van der Waals surface area contributed by atoms with Crippen LogP contribution in [0.1, 0.15) is 17.0 Å². The molecule has 1 saturated heterocycles. The van der Waals surface area contributed by atoms with Gasteiger partial charge in [-0.15, -0.1) is 0 Å². The van der Waals surface area contributed by atoms with E-state index in [4.69, 9.17) is 11.6 Å². The van der Waals surface area contributed by atoms with Crippen molar-refractivity contribution in [2.75, 3.05) is 30.7 Å². The van der Waals surface area contributed by atoms with Crippen molar-refractivity contribution in [1.82, 2.24) is 14.6 Å². The molecule has 1 atom stereocenters. The molecule has 2 aliphatic rings. The minimum Gasteiger partial charge on any atom is -0.324 e. The summed E-state index contributed by atoms with van der Waals surface area (Å²) in [6.45, 7) is 1.74. The van der Waals surface area contributed by atoms with E-state index in [9.17, 15) is 13.2 Å². The highest BCUT2D eigenvalue weighted by atomic mass is 35.5. The largest absolute Gasteiger partial charge is 0.324 e. The maximum Gasteiger partial charge on any atom is 0.233 e. The van der Waals surface area contributed by atoms with Crippen molar-refractivity contribution >= 4 is 44.0 Å². The van der Waals surface area contributed by atoms with E-state index < -0.39 is 15.9 Å². The second-order valence-corrected chi connectivity index (χ2v) is 10.8. The molecule has 1 amide bonds. The lowest BCUT2D eigenvalue weighted by Gasteiger charge is -2.35. The lowest BCUT2D eigenvalue weighted by molar-refractivity contribution is -0.118. The average molecular weight is 471 g/mol. The van der Waals surface area contributed by atoms with Crippen LogP contribution in [0.2, 0.25) is 5.02 Å². The number of anilines is 1. The van der Waals surface area contributed by atoms with Crippen molar-refractivity contribution < 1.29 is 13.2 Å². The van der Waals surface area contributed by atoms with Crippen LogP contribution in [-0.2, 0) is 21.4 Å². The molecule has 0 bridgehead atoms. The molecule has 5 rings (SSSR count). The first kappa shape index (κ1) is 21.3. The van der Waals surface area contributed by atoms with Gasteiger partial charge in [0.25, 0.3) is 0 Å². The summed E-state index contributed by atoms with van der Waals surface area (Å²) in [4.78, 5) is 17.7. The summed E-state index contributed by atoms with van der Waals surface area (Å²) in [6.07, 6.45) is 3.35. The van der Waals surface area contributed by atoms with Crippen molar-refractivity contribution in [3.63, 3.8) is 0 Å². The number of carbonyl (C=O) groups excluding carboxylic acids is 1. The van der Waals surface area contributed by atoms with Gasteiger partial charge in [-0.25, -0.2) is 8.42 Å². The van der Waals surface area contributed by atoms with E-state index in [-0.39, 0.29) is 30.7 Å². The minimum absolute atomic E-state index is 0.0832. The van der Waals surface area contributed by atoms with Gasteiger partial charge in [-0.1, -0.05) is 41.9 Å². The van der Waals surface area contributed by atoms with Gasteiger partial charge in [0.2, 0.25) is 15.9 Å². The summed E-state index contributed by atoms with van der Waals surface area (Å²) in [5, 5.41) is 8.39. The molecule has 0 radical (unpaired) electrons. The summed E-state index contributed by atoms with van der Waals surface area (Å²) >= 11 is 6.23. The van der Waals surface area contributed by atoms with Crippen molar-refractivity contribution in [3.8, 4) is 0 Å². The van der Waals surface area contributed by atoms with Crippen LogP contribution < -0.4 is 10.6 Å². The van der Waals surface area contributed by atoms with Crippen LogP contribution in [0.15, 0.2) is 54.9 Å². The van der Waals surface area contributed by atoms with Gasteiger partial charge >= 0.3 is 0 Å². The Kier molecular flexibility index (Phi) is 5.63. The first-order valence-electron chi connectivity index (χ1n) is 10.5. The SMILES string of the molecule is O=C(Nc1cncc2ccccc12)C1CN(S(=O)(=O)CC2CNC2)Cc2ccc(Cl)cc21. The molecule has 9 heteroatoms. The molecule has 2 aromatic carbocycles. The maximum atomic E-state index is 13.4. The second-order valence-electron chi connectivity index (χ2n) is 8.39. The van der Waals surface area contributed by atoms with Gasteiger partial charge in [-0.2, -0.15) is 4.31 Å². The molecular formula is C23H23ClN4O3S. The molecule has 1 aromatic heterocycles. The fourth-order valence-corrected chi connectivity index (χ4v) is 6.27. The number of hydrogen-bond acceptors (Lipinski definition) is 5. The van der Waals surface area contributed by atoms with Gasteiger partial charge in [-0.05, 0) is 29.2 Å². The third-order valence-corrected chi connectivity index (χ3v) is 8.36. The molecule has 3 heterocycles. The first-order valence-corrected chi connectivity index (χ1v) is 12.5. The van der Waals surface area contributed by atoms with E-state index in [1.807, 2.05) is 30.3 Å². The summed E-state index contributed by atoms with van der Waals surface area (Å²) in [5.74, 6) is -0.756. The van der Waals surface area contributed by atoms with Crippen molar-refractivity contribution in [3.05, 3.63) is 71.0 Å². The number of sulfonamides is 1. The van der Waals surface area contributed by atoms with E-state index in [2.05, 4.69) is 15.6 Å². The van der Waals surface area contributed by atoms with E-state index in [0.29, 0.717) is 23.8 Å². The average Bonchev–Trinajstić information content (AvgIpc) is 2.76. The number of carbonyl (C=O) groups is 1. The Balaban J connectivity index is 1.46. The number of nitrogens with one attached hydrogen (secondary N) is 2. The molecule has 1 fully saturated rings. The van der Waals surface area contributed by atoms with Gasteiger partial charge in [0.05, 0.1) is 23.6 Å². The van der Waals surface area contributed by atoms with Crippen LogP contribution in [0, 0.1) is 5.92 Å². The monoisotopic (exact) mass is 470 g/mol. The van der Waals surface area contributed by atoms with Gasteiger partial charge in [0, 0.05) is 48.2 Å². The minimum atomic E-state index is -3.50. The number of aromatic nitrogens is 1. The summed E-state index contributed by atoms with van der Waals surface area (Å²) in [5.41, 5.74) is 2.16. The Hall–Kier alpha value is -2.52. The van der Waals surface area contributed by atoms with Crippen LogP contribution >= 0.6 is 11.6 Å². The highest BCUT2D eigenvalue weighted by Crippen LogP contribution is 2.34. The third-order valence-electron chi connectivity index (χ3n) is 6.16. The molecule has 2 N–H and O–H groups in total. The highest BCUT2D eigenvalue weighted by Gasteiger charge is 2.37. The van der Waals surface area contributed by atoms with Crippen LogP contribution in [0.4, 0.5) is 5.69 Å². The molecular weight excluding hydrogens is 448 g/mol. The van der Waals surface area contributed by atoms with Gasteiger partial charge in [-0.3, -0.25) is 9.78 Å². The Morgan fingerprint density at radius 3 is 2.78 bits per heavy atom. The van der Waals surface area contributed by atoms with Crippen LogP contribution in [0.5, 0.6) is 0 Å². The molecule has 2 aliphatic heterocycles. The molecule has 7 nitrogen and oxygen atoms in total. The molecule has 0 saturated carbocycles. The number of fused-ring (bicyclic) bond motifs is 2. The normalized spacial score (nSPS) is 19.3. The number of halogens is 1. The fourth-order valence-electron chi connectivity index (χ4n) is 4.33. The van der Waals surface area contributed by atoms with Crippen LogP contribution in [0.3, 0.4) is 0 Å². The molecule has 1 unspecified atom stereocenters. The number of nitrogens with zero attached hydrogens (tertiary/aromatic N) is 2. The zero-order chi connectivity index (χ0) is 22.3. The quantitative estimate of drug-likeness (QED) is 0.598. The number of pyridine rings is 1. The summed E-state index contributed by atoms with van der Waals surface area (Å²) in [6, 6.07) is 13.0. The van der Waals surface area contributed by atoms with Gasteiger partial charge < -0.3 is 10.6 Å². The van der Waals surface area contributed by atoms with E-state index >= 15 is 0 Å². The predicted molar refractivity (Wildman–Crippen MR) is 125 cm³/mol. The smallest absolute Gasteiger partial charge is 0.233 e. The Morgan fingerprint density at radius 1 is 1.19 bits per heavy atom. The first-order chi connectivity index (χ1) is 15.4. The number of rotatable bonds is 5. The lowest BCUT2D eigenvalue weighted by Crippen LogP contribution is -2.50. The Bertz CT molecular complexity index is 1290. The third kappa shape index (κ3) is 4.11. The predicted octanol–water partition coefficient (Wildman–Crippen LogP) is 2.98. The fraction of sp³-hybridized carbons (Fsp3) is 0.304. The molecule has 0 aliphatic carbocycles. The Labute approximate surface area is 191 Å². The van der Waals surface area contributed by atoms with Gasteiger partial charge in [0.1, 0.15) is 0 Å².